The van der Waals surface area contributed by atoms with E-state index in [0.29, 0.717) is 6.04 Å². The van der Waals surface area contributed by atoms with Crippen LogP contribution in [0.5, 0.6) is 0 Å². The molecule has 26 heavy (non-hydrogen) atoms. The molecule has 2 bridgehead atoms. The van der Waals surface area contributed by atoms with E-state index < -0.39 is 0 Å². The fraction of sp³-hybridized carbons (Fsp3) is 0.333. The minimum atomic E-state index is 0.599. The van der Waals surface area contributed by atoms with Gasteiger partial charge in [0.05, 0.1) is 5.69 Å². The molecule has 3 aliphatic rings. The van der Waals surface area contributed by atoms with Gasteiger partial charge in [0.1, 0.15) is 0 Å². The van der Waals surface area contributed by atoms with Gasteiger partial charge in [0.15, 0.2) is 0 Å². The molecule has 132 valence electrons. The summed E-state index contributed by atoms with van der Waals surface area (Å²) in [6, 6.07) is 20.1. The zero-order valence-electron chi connectivity index (χ0n) is 15.4. The van der Waals surface area contributed by atoms with Crippen LogP contribution in [-0.4, -0.2) is 22.5 Å². The van der Waals surface area contributed by atoms with Crippen LogP contribution >= 0.6 is 0 Å². The van der Waals surface area contributed by atoms with Crippen molar-refractivity contribution in [1.82, 2.24) is 9.88 Å². The largest absolute Gasteiger partial charge is 0.354 e. The van der Waals surface area contributed by atoms with E-state index in [0.717, 1.165) is 18.4 Å². The van der Waals surface area contributed by atoms with Gasteiger partial charge in [-0.3, -0.25) is 4.90 Å². The number of nitrogens with one attached hydrogen (secondary N) is 1. The van der Waals surface area contributed by atoms with E-state index in [9.17, 15) is 0 Å². The zero-order valence-corrected chi connectivity index (χ0v) is 15.4. The van der Waals surface area contributed by atoms with Crippen molar-refractivity contribution in [2.24, 2.45) is 11.8 Å². The first kappa shape index (κ1) is 15.9. The maximum absolute atomic E-state index is 3.69. The number of benzene rings is 2. The second kappa shape index (κ2) is 6.44. The molecular weight excluding hydrogens is 316 g/mol. The first-order valence-corrected chi connectivity index (χ1v) is 9.91. The number of aromatic amines is 1. The number of aromatic nitrogens is 1. The van der Waals surface area contributed by atoms with Gasteiger partial charge in [-0.2, -0.15) is 0 Å². The van der Waals surface area contributed by atoms with Crippen molar-refractivity contribution in [3.8, 4) is 11.3 Å². The molecule has 1 fully saturated rings. The molecule has 0 amide bonds. The van der Waals surface area contributed by atoms with Gasteiger partial charge in [-0.1, -0.05) is 74.0 Å². The lowest BCUT2D eigenvalue weighted by Gasteiger charge is -2.46. The molecule has 1 aliphatic carbocycles. The summed E-state index contributed by atoms with van der Waals surface area (Å²) in [5.41, 5.74) is 5.25. The van der Waals surface area contributed by atoms with Crippen molar-refractivity contribution in [2.75, 3.05) is 6.54 Å². The van der Waals surface area contributed by atoms with Crippen molar-refractivity contribution in [1.29, 1.82) is 0 Å². The van der Waals surface area contributed by atoms with Crippen LogP contribution in [0.2, 0.25) is 0 Å². The van der Waals surface area contributed by atoms with Crippen LogP contribution in [-0.2, 0) is 6.54 Å². The fourth-order valence-corrected chi connectivity index (χ4v) is 5.01. The van der Waals surface area contributed by atoms with E-state index >= 15 is 0 Å². The molecule has 0 spiro atoms. The Balaban J connectivity index is 1.57. The van der Waals surface area contributed by atoms with Crippen molar-refractivity contribution >= 4 is 10.9 Å². The number of H-pyrrole nitrogens is 1. The maximum Gasteiger partial charge on any atom is 0.0510 e. The SMILES string of the molecule is CCC1CC2C=CC1N(Cc1c(-c3ccccc3)[nH]c3ccccc13)C2. The Morgan fingerprint density at radius 1 is 1.00 bits per heavy atom. The predicted octanol–water partition coefficient (Wildman–Crippen LogP) is 5.62. The summed E-state index contributed by atoms with van der Waals surface area (Å²) < 4.78 is 0. The highest BCUT2D eigenvalue weighted by Crippen LogP contribution is 2.39. The molecule has 2 heteroatoms. The van der Waals surface area contributed by atoms with Gasteiger partial charge in [0.25, 0.3) is 0 Å². The van der Waals surface area contributed by atoms with Gasteiger partial charge in [-0.05, 0) is 35.4 Å². The summed E-state index contributed by atoms with van der Waals surface area (Å²) in [6.45, 7) is 4.57. The van der Waals surface area contributed by atoms with Gasteiger partial charge in [-0.25, -0.2) is 0 Å². The number of nitrogens with zero attached hydrogens (tertiary/aromatic N) is 1. The molecule has 2 aromatic carbocycles. The summed E-state index contributed by atoms with van der Waals surface area (Å²) in [4.78, 5) is 6.41. The molecule has 6 rings (SSSR count). The van der Waals surface area contributed by atoms with E-state index in [-0.39, 0.29) is 0 Å². The van der Waals surface area contributed by atoms with Crippen molar-refractivity contribution in [3.63, 3.8) is 0 Å². The van der Waals surface area contributed by atoms with E-state index in [1.54, 1.807) is 0 Å². The normalized spacial score (nSPS) is 25.2. The van der Waals surface area contributed by atoms with Crippen LogP contribution in [0, 0.1) is 11.8 Å². The Morgan fingerprint density at radius 2 is 1.81 bits per heavy atom. The number of para-hydroxylation sites is 1. The highest BCUT2D eigenvalue weighted by atomic mass is 15.2. The third-order valence-corrected chi connectivity index (χ3v) is 6.32. The monoisotopic (exact) mass is 342 g/mol. The highest BCUT2D eigenvalue weighted by molar-refractivity contribution is 5.90. The molecule has 3 heterocycles. The minimum Gasteiger partial charge on any atom is -0.354 e. The van der Waals surface area contributed by atoms with Crippen LogP contribution < -0.4 is 0 Å². The number of rotatable bonds is 4. The Morgan fingerprint density at radius 3 is 2.62 bits per heavy atom. The quantitative estimate of drug-likeness (QED) is 0.610. The fourth-order valence-electron chi connectivity index (χ4n) is 5.01. The average molecular weight is 342 g/mol. The summed E-state index contributed by atoms with van der Waals surface area (Å²) in [5, 5.41) is 1.37. The third-order valence-electron chi connectivity index (χ3n) is 6.32. The van der Waals surface area contributed by atoms with Gasteiger partial charge in [0, 0.05) is 30.0 Å². The molecule has 2 nitrogen and oxygen atoms in total. The highest BCUT2D eigenvalue weighted by Gasteiger charge is 2.36. The summed E-state index contributed by atoms with van der Waals surface area (Å²) in [5.74, 6) is 1.54. The summed E-state index contributed by atoms with van der Waals surface area (Å²) in [6.07, 6.45) is 7.58. The number of piperidine rings is 1. The minimum absolute atomic E-state index is 0.599. The van der Waals surface area contributed by atoms with E-state index in [4.69, 9.17) is 0 Å². The Hall–Kier alpha value is -2.32. The van der Waals surface area contributed by atoms with Gasteiger partial charge in [0.2, 0.25) is 0 Å². The van der Waals surface area contributed by atoms with Gasteiger partial charge in [-0.15, -0.1) is 0 Å². The van der Waals surface area contributed by atoms with Crippen molar-refractivity contribution in [2.45, 2.75) is 32.4 Å². The Bertz CT molecular complexity index is 937. The molecule has 2 aliphatic heterocycles. The molecular formula is C24H26N2. The summed E-state index contributed by atoms with van der Waals surface area (Å²) in [7, 11) is 0. The Labute approximate surface area is 155 Å². The number of hydrogen-bond acceptors (Lipinski definition) is 1. The average Bonchev–Trinajstić information content (AvgIpc) is 3.07. The van der Waals surface area contributed by atoms with Crippen LogP contribution in [0.3, 0.4) is 0 Å². The molecule has 3 atom stereocenters. The van der Waals surface area contributed by atoms with Crippen LogP contribution in [0.25, 0.3) is 22.2 Å². The second-order valence-corrected chi connectivity index (χ2v) is 7.86. The molecule has 1 saturated heterocycles. The lowest BCUT2D eigenvalue weighted by atomic mass is 9.76. The topological polar surface area (TPSA) is 19.0 Å². The molecule has 3 aromatic rings. The smallest absolute Gasteiger partial charge is 0.0510 e. The number of fused-ring (bicyclic) bond motifs is 3. The van der Waals surface area contributed by atoms with Gasteiger partial charge < -0.3 is 4.98 Å². The lowest BCUT2D eigenvalue weighted by molar-refractivity contribution is 0.0752. The molecule has 0 radical (unpaired) electrons. The molecule has 3 unspecified atom stereocenters. The van der Waals surface area contributed by atoms with Crippen LogP contribution in [0.1, 0.15) is 25.3 Å². The van der Waals surface area contributed by atoms with Crippen LogP contribution in [0.4, 0.5) is 0 Å². The molecule has 0 saturated carbocycles. The maximum atomic E-state index is 3.69. The van der Waals surface area contributed by atoms with Crippen LogP contribution in [0.15, 0.2) is 66.7 Å². The first-order chi connectivity index (χ1) is 12.8. The third kappa shape index (κ3) is 2.60. The van der Waals surface area contributed by atoms with E-state index in [1.807, 2.05) is 0 Å². The van der Waals surface area contributed by atoms with Crippen molar-refractivity contribution in [3.05, 3.63) is 72.3 Å². The molecule has 1 aromatic heterocycles. The van der Waals surface area contributed by atoms with Gasteiger partial charge >= 0.3 is 0 Å². The first-order valence-electron chi connectivity index (χ1n) is 9.91. The Kier molecular flexibility index (Phi) is 3.94. The van der Waals surface area contributed by atoms with E-state index in [2.05, 4.69) is 83.6 Å². The second-order valence-electron chi connectivity index (χ2n) is 7.86. The lowest BCUT2D eigenvalue weighted by Crippen LogP contribution is -2.49. The zero-order chi connectivity index (χ0) is 17.5. The summed E-state index contributed by atoms with van der Waals surface area (Å²) >= 11 is 0. The molecule has 1 N–H and O–H groups in total. The van der Waals surface area contributed by atoms with E-state index in [1.165, 1.54) is 47.1 Å². The standard InChI is InChI=1S/C24H26N2/c1-2-18-14-17-12-13-23(18)26(15-17)16-21-20-10-6-7-11-22(20)25-24(21)19-8-4-3-5-9-19/h3-13,17-18,23,25H,2,14-16H2,1H3. The predicted molar refractivity (Wildman–Crippen MR) is 109 cm³/mol. The van der Waals surface area contributed by atoms with Crippen molar-refractivity contribution < 1.29 is 0 Å². The number of hydrogen-bond donors (Lipinski definition) is 1.